The third kappa shape index (κ3) is 3.93. The Morgan fingerprint density at radius 3 is 2.55 bits per heavy atom. The number of aromatic nitrogens is 1. The van der Waals surface area contributed by atoms with Gasteiger partial charge in [0.05, 0.1) is 5.57 Å². The molecular weight excluding hydrogens is 503 g/mol. The second-order valence-electron chi connectivity index (χ2n) is 7.37. The summed E-state index contributed by atoms with van der Waals surface area (Å²) < 4.78 is 6.73. The Morgan fingerprint density at radius 1 is 0.935 bits per heavy atom. The Hall–Kier alpha value is -3.20. The maximum atomic E-state index is 12.8. The van der Waals surface area contributed by atoms with Crippen molar-refractivity contribution in [2.45, 2.75) is 13.0 Å². The Kier molecular flexibility index (Phi) is 5.42. The normalized spacial score (nSPS) is 15.7. The molecule has 6 nitrogen and oxygen atoms in total. The summed E-state index contributed by atoms with van der Waals surface area (Å²) >= 11 is 0.0854. The highest BCUT2D eigenvalue weighted by Crippen LogP contribution is 2.32. The quantitative estimate of drug-likeness (QED) is 0.362. The van der Waals surface area contributed by atoms with Crippen LogP contribution in [0.25, 0.3) is 16.5 Å². The fourth-order valence-corrected chi connectivity index (χ4v) is 5.58. The lowest BCUT2D eigenvalue weighted by molar-refractivity contribution is -0.123. The molecule has 7 heteroatoms. The first-order valence-corrected chi connectivity index (χ1v) is 12.6. The van der Waals surface area contributed by atoms with Crippen molar-refractivity contribution in [3.8, 4) is 0 Å². The molecule has 2 N–H and O–H groups in total. The predicted octanol–water partition coefficient (Wildman–Crippen LogP) is 4.03. The molecule has 0 fully saturated rings. The summed E-state index contributed by atoms with van der Waals surface area (Å²) in [6.07, 6.45) is 5.15. The van der Waals surface area contributed by atoms with Crippen LogP contribution in [0, 0.1) is 0 Å². The van der Waals surface area contributed by atoms with Gasteiger partial charge >= 0.3 is 0 Å². The number of anilines is 1. The van der Waals surface area contributed by atoms with Crippen LogP contribution < -0.4 is 10.6 Å². The van der Waals surface area contributed by atoms with Crippen molar-refractivity contribution in [2.75, 3.05) is 11.9 Å². The number of hydrogen-bond donors (Lipinski definition) is 2. The molecule has 2 aliphatic rings. The maximum absolute atomic E-state index is 12.8. The molecule has 5 rings (SSSR count). The van der Waals surface area contributed by atoms with E-state index in [0.717, 1.165) is 41.7 Å². The smallest absolute Gasteiger partial charge is 0.275 e. The lowest BCUT2D eigenvalue weighted by Crippen LogP contribution is -2.24. The topological polar surface area (TPSA) is 66.4 Å². The van der Waals surface area contributed by atoms with Crippen molar-refractivity contribution in [3.63, 3.8) is 0 Å². The molecule has 0 aliphatic carbocycles. The fraction of sp³-hybridized carbons (Fsp3) is 0.125. The van der Waals surface area contributed by atoms with Crippen molar-refractivity contribution in [3.05, 3.63) is 82.3 Å². The van der Waals surface area contributed by atoms with Gasteiger partial charge in [-0.3, -0.25) is 14.9 Å². The van der Waals surface area contributed by atoms with Gasteiger partial charge in [-0.2, -0.15) is 0 Å². The second kappa shape index (κ2) is 8.50. The molecule has 2 amide bonds. The third-order valence-corrected chi connectivity index (χ3v) is 7.12. The number of rotatable bonds is 7. The van der Waals surface area contributed by atoms with Gasteiger partial charge in [0.1, 0.15) is 5.70 Å². The van der Waals surface area contributed by atoms with Crippen LogP contribution in [0.2, 0.25) is 0 Å². The highest BCUT2D eigenvalue weighted by atomic mass is 127. The van der Waals surface area contributed by atoms with E-state index in [2.05, 4.69) is 40.6 Å². The first kappa shape index (κ1) is 19.7. The van der Waals surface area contributed by atoms with Crippen LogP contribution in [0.15, 0.2) is 76.8 Å². The van der Waals surface area contributed by atoms with Gasteiger partial charge in [0.25, 0.3) is 11.8 Å². The molecule has 0 bridgehead atoms. The van der Waals surface area contributed by atoms with Crippen LogP contribution in [-0.2, 0) is 16.1 Å². The molecule has 3 heterocycles. The van der Waals surface area contributed by atoms with E-state index >= 15 is 0 Å². The van der Waals surface area contributed by atoms with E-state index in [1.165, 1.54) is 0 Å². The van der Waals surface area contributed by atoms with Crippen molar-refractivity contribution in [2.24, 2.45) is 0 Å². The van der Waals surface area contributed by atoms with Gasteiger partial charge in [-0.15, -0.1) is 0 Å². The molecule has 156 valence electrons. The molecule has 0 radical (unpaired) electrons. The van der Waals surface area contributed by atoms with Crippen LogP contribution in [0.1, 0.15) is 12.0 Å². The molecule has 3 aromatic rings. The van der Waals surface area contributed by atoms with E-state index in [1.807, 2.05) is 54.7 Å². The SMILES string of the molecule is O=C1NC(=O)C(c2cn(CCCN3C=CI=C3)c3ccccc23)=C1Nc1ccccc1. The molecule has 1 aromatic heterocycles. The summed E-state index contributed by atoms with van der Waals surface area (Å²) in [6, 6.07) is 17.5. The number of carbonyl (C=O) groups excluding carboxylic acids is 2. The van der Waals surface area contributed by atoms with Crippen molar-refractivity contribution in [1.82, 2.24) is 14.8 Å². The van der Waals surface area contributed by atoms with Gasteiger partial charge < -0.3 is 14.8 Å². The Balaban J connectivity index is 1.51. The number of amides is 2. The van der Waals surface area contributed by atoms with Gasteiger partial charge in [0.15, 0.2) is 0 Å². The largest absolute Gasteiger partial charge is 0.350 e. The minimum Gasteiger partial charge on any atom is -0.350 e. The molecule has 2 aliphatic heterocycles. The number of aryl methyl sites for hydroxylation is 1. The minimum absolute atomic E-state index is 0.0854. The van der Waals surface area contributed by atoms with Crippen molar-refractivity contribution in [1.29, 1.82) is 0 Å². The summed E-state index contributed by atoms with van der Waals surface area (Å²) in [7, 11) is 0. The number of imide groups is 1. The van der Waals surface area contributed by atoms with Gasteiger partial charge in [-0.25, -0.2) is 0 Å². The van der Waals surface area contributed by atoms with Gasteiger partial charge in [-0.05, 0) is 28.7 Å². The molecule has 0 spiro atoms. The van der Waals surface area contributed by atoms with E-state index in [9.17, 15) is 9.59 Å². The average Bonchev–Trinajstić information content (AvgIpc) is 3.49. The number of nitrogens with zero attached hydrogens (tertiary/aromatic N) is 2. The lowest BCUT2D eigenvalue weighted by Gasteiger charge is -2.12. The van der Waals surface area contributed by atoms with E-state index in [0.29, 0.717) is 11.3 Å². The number of carbonyl (C=O) groups is 2. The third-order valence-electron chi connectivity index (χ3n) is 5.35. The molecule has 0 atom stereocenters. The van der Waals surface area contributed by atoms with Crippen LogP contribution in [0.3, 0.4) is 0 Å². The highest BCUT2D eigenvalue weighted by molar-refractivity contribution is 14.2. The number of fused-ring (bicyclic) bond motifs is 1. The van der Waals surface area contributed by atoms with Gasteiger partial charge in [0, 0.05) is 51.8 Å². The van der Waals surface area contributed by atoms with E-state index in [4.69, 9.17) is 0 Å². The van der Waals surface area contributed by atoms with E-state index in [-0.39, 0.29) is 26.6 Å². The van der Waals surface area contributed by atoms with E-state index in [1.54, 1.807) is 0 Å². The van der Waals surface area contributed by atoms with Crippen LogP contribution in [0.5, 0.6) is 0 Å². The van der Waals surface area contributed by atoms with E-state index < -0.39 is 5.91 Å². The summed E-state index contributed by atoms with van der Waals surface area (Å²) in [5, 5.41) is 6.56. The zero-order valence-electron chi connectivity index (χ0n) is 16.7. The molecular formula is C24H21IN4O2. The van der Waals surface area contributed by atoms with Crippen LogP contribution in [-0.4, -0.2) is 32.0 Å². The number of para-hydroxylation sites is 2. The number of nitrogens with one attached hydrogen (secondary N) is 2. The van der Waals surface area contributed by atoms with Crippen molar-refractivity contribution >= 4 is 58.8 Å². The van der Waals surface area contributed by atoms with Crippen LogP contribution in [0.4, 0.5) is 5.69 Å². The average molecular weight is 524 g/mol. The molecule has 0 saturated carbocycles. The molecule has 0 unspecified atom stereocenters. The van der Waals surface area contributed by atoms with Crippen LogP contribution >= 0.6 is 20.7 Å². The second-order valence-corrected chi connectivity index (χ2v) is 9.36. The number of hydrogen-bond acceptors (Lipinski definition) is 4. The summed E-state index contributed by atoms with van der Waals surface area (Å²) in [4.78, 5) is 27.6. The first-order valence-electron chi connectivity index (χ1n) is 10.1. The Labute approximate surface area is 190 Å². The van der Waals surface area contributed by atoms with Gasteiger partial charge in [-0.1, -0.05) is 57.1 Å². The zero-order valence-corrected chi connectivity index (χ0v) is 18.9. The molecule has 0 saturated heterocycles. The Bertz CT molecular complexity index is 1250. The standard InChI is InChI=1S/C24H21IN4O2/c30-23-21(22(24(31)27-23)26-17-7-2-1-3-8-17)19-15-29(20-10-5-4-9-18(19)20)13-6-12-28-14-11-25-16-28/h1-5,7-11,14-16H,6,12-13H2,(H2,26,27,30,31). The fourth-order valence-electron chi connectivity index (χ4n) is 3.92. The molecule has 31 heavy (non-hydrogen) atoms. The lowest BCUT2D eigenvalue weighted by atomic mass is 10.0. The highest BCUT2D eigenvalue weighted by Gasteiger charge is 2.33. The minimum atomic E-state index is -0.402. The summed E-state index contributed by atoms with van der Waals surface area (Å²) in [5.74, 6) is -0.771. The first-order chi connectivity index (χ1) is 15.2. The number of benzene rings is 2. The summed E-state index contributed by atoms with van der Waals surface area (Å²) in [5.41, 5.74) is 3.28. The maximum Gasteiger partial charge on any atom is 0.275 e. The number of halogens is 1. The van der Waals surface area contributed by atoms with Crippen molar-refractivity contribution < 1.29 is 9.59 Å². The summed E-state index contributed by atoms with van der Waals surface area (Å²) in [6.45, 7) is 1.81. The Morgan fingerprint density at radius 2 is 1.74 bits per heavy atom. The zero-order chi connectivity index (χ0) is 21.2. The molecule has 2 aromatic carbocycles. The van der Waals surface area contributed by atoms with Gasteiger partial charge in [0.2, 0.25) is 0 Å². The predicted molar refractivity (Wildman–Crippen MR) is 133 cm³/mol. The monoisotopic (exact) mass is 524 g/mol.